The molecule has 0 radical (unpaired) electrons. The maximum Gasteiger partial charge on any atom is 0.305 e. The molecule has 0 aliphatic heterocycles. The standard InChI is InChI=1S/C12H24O3/c1-3-4-5-6-10-15-12(14)9-7-8-11(2)13/h11,13H,3-10H2,1-2H3. The number of esters is 1. The minimum atomic E-state index is -0.317. The highest BCUT2D eigenvalue weighted by Gasteiger charge is 2.03. The van der Waals surface area contributed by atoms with Crippen LogP contribution in [0.25, 0.3) is 0 Å². The van der Waals surface area contributed by atoms with Crippen LogP contribution < -0.4 is 0 Å². The predicted octanol–water partition coefficient (Wildman–Crippen LogP) is 2.66. The lowest BCUT2D eigenvalue weighted by Crippen LogP contribution is -2.07. The van der Waals surface area contributed by atoms with E-state index in [2.05, 4.69) is 6.92 Å². The molecule has 3 heteroatoms. The molecule has 0 aromatic rings. The van der Waals surface area contributed by atoms with Crippen molar-refractivity contribution in [3.63, 3.8) is 0 Å². The third-order valence-corrected chi connectivity index (χ3v) is 2.26. The van der Waals surface area contributed by atoms with Gasteiger partial charge >= 0.3 is 5.97 Å². The number of rotatable bonds is 9. The molecule has 0 spiro atoms. The zero-order chi connectivity index (χ0) is 11.5. The van der Waals surface area contributed by atoms with Gasteiger partial charge in [0.05, 0.1) is 12.7 Å². The first-order chi connectivity index (χ1) is 7.16. The van der Waals surface area contributed by atoms with Crippen LogP contribution in [0.2, 0.25) is 0 Å². The van der Waals surface area contributed by atoms with Gasteiger partial charge in [0.1, 0.15) is 0 Å². The fourth-order valence-electron chi connectivity index (χ4n) is 1.33. The molecular formula is C12H24O3. The van der Waals surface area contributed by atoms with Gasteiger partial charge in [-0.05, 0) is 26.2 Å². The van der Waals surface area contributed by atoms with E-state index in [1.165, 1.54) is 12.8 Å². The Labute approximate surface area is 92.8 Å². The second-order valence-corrected chi connectivity index (χ2v) is 4.02. The second-order valence-electron chi connectivity index (χ2n) is 4.02. The average Bonchev–Trinajstić information content (AvgIpc) is 2.17. The van der Waals surface area contributed by atoms with Gasteiger partial charge in [0.15, 0.2) is 0 Å². The molecule has 3 nitrogen and oxygen atoms in total. The number of carbonyl (C=O) groups is 1. The molecule has 0 bridgehead atoms. The van der Waals surface area contributed by atoms with Crippen molar-refractivity contribution in [1.29, 1.82) is 0 Å². The van der Waals surface area contributed by atoms with Crippen LogP contribution in [0, 0.1) is 0 Å². The Bertz CT molecular complexity index is 155. The highest BCUT2D eigenvalue weighted by Crippen LogP contribution is 2.03. The van der Waals surface area contributed by atoms with Crippen LogP contribution in [0.1, 0.15) is 58.8 Å². The zero-order valence-electron chi connectivity index (χ0n) is 10.00. The van der Waals surface area contributed by atoms with Crippen LogP contribution in [0.3, 0.4) is 0 Å². The van der Waals surface area contributed by atoms with Crippen LogP contribution in [0.15, 0.2) is 0 Å². The molecule has 90 valence electrons. The van der Waals surface area contributed by atoms with Gasteiger partial charge in [-0.3, -0.25) is 4.79 Å². The van der Waals surface area contributed by atoms with Crippen LogP contribution in [0.4, 0.5) is 0 Å². The van der Waals surface area contributed by atoms with Gasteiger partial charge in [0.2, 0.25) is 0 Å². The van der Waals surface area contributed by atoms with Crippen molar-refractivity contribution in [2.45, 2.75) is 64.9 Å². The summed E-state index contributed by atoms with van der Waals surface area (Å²) in [4.78, 5) is 11.2. The molecule has 0 heterocycles. The lowest BCUT2D eigenvalue weighted by Gasteiger charge is -2.05. The van der Waals surface area contributed by atoms with Crippen molar-refractivity contribution in [3.05, 3.63) is 0 Å². The number of ether oxygens (including phenoxy) is 1. The normalized spacial score (nSPS) is 12.5. The van der Waals surface area contributed by atoms with Gasteiger partial charge in [0.25, 0.3) is 0 Å². The van der Waals surface area contributed by atoms with Gasteiger partial charge in [0, 0.05) is 6.42 Å². The first kappa shape index (κ1) is 14.4. The summed E-state index contributed by atoms with van der Waals surface area (Å²) in [6, 6.07) is 0. The Morgan fingerprint density at radius 1 is 1.27 bits per heavy atom. The van der Waals surface area contributed by atoms with Crippen LogP contribution >= 0.6 is 0 Å². The van der Waals surface area contributed by atoms with E-state index >= 15 is 0 Å². The summed E-state index contributed by atoms with van der Waals surface area (Å²) in [7, 11) is 0. The molecule has 0 aromatic carbocycles. The molecular weight excluding hydrogens is 192 g/mol. The van der Waals surface area contributed by atoms with Crippen LogP contribution in [0.5, 0.6) is 0 Å². The third kappa shape index (κ3) is 11.4. The number of unbranched alkanes of at least 4 members (excludes halogenated alkanes) is 3. The Morgan fingerprint density at radius 3 is 2.60 bits per heavy atom. The molecule has 0 rings (SSSR count). The second kappa shape index (κ2) is 9.97. The van der Waals surface area contributed by atoms with Crippen molar-refractivity contribution >= 4 is 5.97 Å². The molecule has 0 saturated heterocycles. The predicted molar refractivity (Wildman–Crippen MR) is 60.6 cm³/mol. The van der Waals surface area contributed by atoms with Gasteiger partial charge in [-0.1, -0.05) is 26.2 Å². The fraction of sp³-hybridized carbons (Fsp3) is 0.917. The smallest absolute Gasteiger partial charge is 0.305 e. The third-order valence-electron chi connectivity index (χ3n) is 2.26. The monoisotopic (exact) mass is 216 g/mol. The van der Waals surface area contributed by atoms with Gasteiger partial charge in [-0.2, -0.15) is 0 Å². The summed E-state index contributed by atoms with van der Waals surface area (Å²) in [5.74, 6) is -0.132. The van der Waals surface area contributed by atoms with Gasteiger partial charge in [-0.25, -0.2) is 0 Å². The molecule has 1 unspecified atom stereocenters. The van der Waals surface area contributed by atoms with Gasteiger partial charge in [-0.15, -0.1) is 0 Å². The van der Waals surface area contributed by atoms with Crippen molar-refractivity contribution in [3.8, 4) is 0 Å². The highest BCUT2D eigenvalue weighted by molar-refractivity contribution is 5.69. The summed E-state index contributed by atoms with van der Waals surface area (Å²) in [5.41, 5.74) is 0. The van der Waals surface area contributed by atoms with Crippen molar-refractivity contribution in [1.82, 2.24) is 0 Å². The van der Waals surface area contributed by atoms with Crippen LogP contribution in [-0.2, 0) is 9.53 Å². The molecule has 1 N–H and O–H groups in total. The fourth-order valence-corrected chi connectivity index (χ4v) is 1.33. The molecule has 0 fully saturated rings. The molecule has 0 aliphatic carbocycles. The molecule has 0 aromatic heterocycles. The van der Waals surface area contributed by atoms with E-state index in [1.807, 2.05) is 0 Å². The minimum Gasteiger partial charge on any atom is -0.466 e. The first-order valence-electron chi connectivity index (χ1n) is 6.00. The minimum absolute atomic E-state index is 0.132. The first-order valence-corrected chi connectivity index (χ1v) is 6.00. The van der Waals surface area contributed by atoms with E-state index in [0.717, 1.165) is 12.8 Å². The number of aliphatic hydroxyl groups excluding tert-OH is 1. The van der Waals surface area contributed by atoms with E-state index in [-0.39, 0.29) is 12.1 Å². The molecule has 1 atom stereocenters. The lowest BCUT2D eigenvalue weighted by molar-refractivity contribution is -0.143. The maximum atomic E-state index is 11.2. The summed E-state index contributed by atoms with van der Waals surface area (Å²) in [6.45, 7) is 4.44. The number of hydrogen-bond acceptors (Lipinski definition) is 3. The van der Waals surface area contributed by atoms with E-state index in [1.54, 1.807) is 6.92 Å². The average molecular weight is 216 g/mol. The Balaban J connectivity index is 3.19. The largest absolute Gasteiger partial charge is 0.466 e. The topological polar surface area (TPSA) is 46.5 Å². The summed E-state index contributed by atoms with van der Waals surface area (Å²) in [6.07, 6.45) is 6.01. The number of hydrogen-bond donors (Lipinski definition) is 1. The molecule has 0 amide bonds. The molecule has 0 saturated carbocycles. The summed E-state index contributed by atoms with van der Waals surface area (Å²) in [5, 5.41) is 8.99. The lowest BCUT2D eigenvalue weighted by atomic mass is 10.2. The van der Waals surface area contributed by atoms with E-state index in [9.17, 15) is 4.79 Å². The van der Waals surface area contributed by atoms with Crippen molar-refractivity contribution in [2.75, 3.05) is 6.61 Å². The Kier molecular flexibility index (Phi) is 9.59. The number of aliphatic hydroxyl groups is 1. The summed E-state index contributed by atoms with van der Waals surface area (Å²) < 4.78 is 5.05. The quantitative estimate of drug-likeness (QED) is 0.476. The highest BCUT2D eigenvalue weighted by atomic mass is 16.5. The van der Waals surface area contributed by atoms with Crippen molar-refractivity contribution < 1.29 is 14.6 Å². The zero-order valence-corrected chi connectivity index (χ0v) is 10.00. The van der Waals surface area contributed by atoms with Crippen molar-refractivity contribution in [2.24, 2.45) is 0 Å². The van der Waals surface area contributed by atoms with Gasteiger partial charge < -0.3 is 9.84 Å². The van der Waals surface area contributed by atoms with Crippen LogP contribution in [-0.4, -0.2) is 23.8 Å². The Morgan fingerprint density at radius 2 is 2.00 bits per heavy atom. The summed E-state index contributed by atoms with van der Waals surface area (Å²) >= 11 is 0. The Hall–Kier alpha value is -0.570. The van der Waals surface area contributed by atoms with E-state index in [0.29, 0.717) is 25.9 Å². The SMILES string of the molecule is CCCCCCOC(=O)CCCC(C)O. The molecule has 15 heavy (non-hydrogen) atoms. The van der Waals surface area contributed by atoms with E-state index < -0.39 is 0 Å². The van der Waals surface area contributed by atoms with E-state index in [4.69, 9.17) is 9.84 Å². The number of carbonyl (C=O) groups excluding carboxylic acids is 1. The molecule has 0 aliphatic rings. The maximum absolute atomic E-state index is 11.2.